The van der Waals surface area contributed by atoms with Crippen LogP contribution in [0.1, 0.15) is 27.6 Å². The number of hydrogen-bond acceptors (Lipinski definition) is 8. The fourth-order valence-corrected chi connectivity index (χ4v) is 5.77. The number of fused-ring (bicyclic) bond motifs is 1. The van der Waals surface area contributed by atoms with E-state index in [9.17, 15) is 28.1 Å². The van der Waals surface area contributed by atoms with Gasteiger partial charge in [-0.15, -0.1) is 0 Å². The molecule has 0 N–H and O–H groups in total. The van der Waals surface area contributed by atoms with Crippen molar-refractivity contribution < 1.29 is 32.1 Å². The number of benzene rings is 4. The van der Waals surface area contributed by atoms with Crippen molar-refractivity contribution in [3.8, 4) is 11.3 Å². The first-order valence-electron chi connectivity index (χ1n) is 12.4. The van der Waals surface area contributed by atoms with Gasteiger partial charge in [-0.05, 0) is 43.3 Å². The van der Waals surface area contributed by atoms with E-state index in [4.69, 9.17) is 9.15 Å². The summed E-state index contributed by atoms with van der Waals surface area (Å²) in [5, 5.41) is 11.6. The molecule has 1 amide bonds. The minimum absolute atomic E-state index is 0.0646. The maximum Gasteiger partial charge on any atom is 0.342 e. The van der Waals surface area contributed by atoms with Gasteiger partial charge in [-0.25, -0.2) is 13.2 Å². The molecular weight excluding hydrogens is 548 g/mol. The summed E-state index contributed by atoms with van der Waals surface area (Å²) in [4.78, 5) is 37.5. The summed E-state index contributed by atoms with van der Waals surface area (Å²) in [6.07, 6.45) is 0. The van der Waals surface area contributed by atoms with E-state index in [0.717, 1.165) is 6.07 Å². The standard InChI is InChI=1S/C30H22N2O8S/c1-2-39-30(34)27-25-19-22(16-17-26(25)40-28(27)20-10-5-3-6-11-20)31(41(37,38)24-14-7-4-8-15-24)29(33)21-12-9-13-23(18-21)32(35)36/h3-19H,2H2,1H3. The van der Waals surface area contributed by atoms with Crippen molar-refractivity contribution >= 4 is 44.2 Å². The van der Waals surface area contributed by atoms with Crippen molar-refractivity contribution in [2.24, 2.45) is 0 Å². The van der Waals surface area contributed by atoms with E-state index in [1.165, 1.54) is 60.7 Å². The molecule has 0 radical (unpaired) electrons. The number of hydrogen-bond donors (Lipinski definition) is 0. The molecule has 0 saturated carbocycles. The lowest BCUT2D eigenvalue weighted by atomic mass is 10.1. The van der Waals surface area contributed by atoms with E-state index < -0.39 is 26.8 Å². The van der Waals surface area contributed by atoms with Gasteiger partial charge in [0, 0.05) is 28.6 Å². The van der Waals surface area contributed by atoms with E-state index in [2.05, 4.69) is 0 Å². The van der Waals surface area contributed by atoms with Crippen LogP contribution in [0.15, 0.2) is 112 Å². The molecule has 41 heavy (non-hydrogen) atoms. The second-order valence-electron chi connectivity index (χ2n) is 8.77. The molecule has 0 fully saturated rings. The van der Waals surface area contributed by atoms with Gasteiger partial charge in [-0.3, -0.25) is 14.9 Å². The number of rotatable bonds is 8. The first kappa shape index (κ1) is 27.3. The summed E-state index contributed by atoms with van der Waals surface area (Å²) in [5.41, 5.74) is 0.209. The zero-order valence-electron chi connectivity index (χ0n) is 21.6. The Morgan fingerprint density at radius 2 is 1.59 bits per heavy atom. The van der Waals surface area contributed by atoms with Gasteiger partial charge in [0.25, 0.3) is 21.6 Å². The van der Waals surface area contributed by atoms with Gasteiger partial charge >= 0.3 is 5.97 Å². The average Bonchev–Trinajstić information content (AvgIpc) is 3.37. The van der Waals surface area contributed by atoms with Crippen LogP contribution in [0, 0.1) is 10.1 Å². The Bertz CT molecular complexity index is 1880. The van der Waals surface area contributed by atoms with Gasteiger partial charge in [0.15, 0.2) is 0 Å². The number of ether oxygens (including phenoxy) is 1. The molecule has 1 heterocycles. The van der Waals surface area contributed by atoms with E-state index >= 15 is 0 Å². The number of furan rings is 1. The number of sulfonamides is 1. The molecular formula is C30H22N2O8S. The molecule has 0 unspecified atom stereocenters. The maximum atomic E-state index is 13.9. The summed E-state index contributed by atoms with van der Waals surface area (Å²) in [5.74, 6) is -1.50. The Morgan fingerprint density at radius 1 is 0.902 bits per heavy atom. The van der Waals surface area contributed by atoms with Crippen LogP contribution in [0.3, 0.4) is 0 Å². The fraction of sp³-hybridized carbons (Fsp3) is 0.0667. The highest BCUT2D eigenvalue weighted by atomic mass is 32.2. The topological polar surface area (TPSA) is 137 Å². The highest BCUT2D eigenvalue weighted by Gasteiger charge is 2.34. The minimum Gasteiger partial charge on any atom is -0.462 e. The zero-order valence-corrected chi connectivity index (χ0v) is 22.4. The van der Waals surface area contributed by atoms with Crippen LogP contribution in [0.4, 0.5) is 11.4 Å². The number of anilines is 1. The predicted molar refractivity (Wildman–Crippen MR) is 151 cm³/mol. The minimum atomic E-state index is -4.52. The number of carbonyl (C=O) groups is 2. The predicted octanol–water partition coefficient (Wildman–Crippen LogP) is 6.22. The van der Waals surface area contributed by atoms with Crippen molar-refractivity contribution in [3.05, 3.63) is 124 Å². The van der Waals surface area contributed by atoms with Crippen molar-refractivity contribution in [2.75, 3.05) is 10.9 Å². The molecule has 206 valence electrons. The Balaban J connectivity index is 1.75. The molecule has 1 aromatic heterocycles. The van der Waals surface area contributed by atoms with Gasteiger partial charge in [0.05, 0.1) is 22.1 Å². The zero-order chi connectivity index (χ0) is 29.1. The van der Waals surface area contributed by atoms with Crippen molar-refractivity contribution in [1.82, 2.24) is 0 Å². The number of nitro benzene ring substituents is 1. The molecule has 0 saturated heterocycles. The van der Waals surface area contributed by atoms with E-state index in [-0.39, 0.29) is 50.7 Å². The summed E-state index contributed by atoms with van der Waals surface area (Å²) < 4.78 is 39.7. The molecule has 0 bridgehead atoms. The number of non-ortho nitro benzene ring substituents is 1. The van der Waals surface area contributed by atoms with Crippen LogP contribution in [-0.2, 0) is 14.8 Å². The largest absolute Gasteiger partial charge is 0.462 e. The molecule has 0 aliphatic heterocycles. The Kier molecular flexibility index (Phi) is 7.36. The smallest absolute Gasteiger partial charge is 0.342 e. The van der Waals surface area contributed by atoms with Crippen LogP contribution >= 0.6 is 0 Å². The maximum absolute atomic E-state index is 13.9. The molecule has 0 aliphatic rings. The molecule has 4 aromatic carbocycles. The van der Waals surface area contributed by atoms with Crippen molar-refractivity contribution in [1.29, 1.82) is 0 Å². The molecule has 0 atom stereocenters. The molecule has 0 aliphatic carbocycles. The number of carbonyl (C=O) groups excluding carboxylic acids is 2. The third-order valence-electron chi connectivity index (χ3n) is 6.19. The van der Waals surface area contributed by atoms with E-state index in [0.29, 0.717) is 9.87 Å². The molecule has 5 aromatic rings. The van der Waals surface area contributed by atoms with Gasteiger partial charge in [-0.2, -0.15) is 4.31 Å². The van der Waals surface area contributed by atoms with Gasteiger partial charge in [0.1, 0.15) is 16.9 Å². The van der Waals surface area contributed by atoms with Gasteiger partial charge in [-0.1, -0.05) is 54.6 Å². The summed E-state index contributed by atoms with van der Waals surface area (Å²) in [6, 6.07) is 25.1. The SMILES string of the molecule is CCOC(=O)c1c(-c2ccccc2)oc2ccc(N(C(=O)c3cccc([N+](=O)[O-])c3)S(=O)(=O)c3ccccc3)cc12. The fourth-order valence-electron chi connectivity index (χ4n) is 4.34. The van der Waals surface area contributed by atoms with E-state index in [1.54, 1.807) is 43.3 Å². The second-order valence-corrected chi connectivity index (χ2v) is 10.6. The van der Waals surface area contributed by atoms with Crippen LogP contribution < -0.4 is 4.31 Å². The van der Waals surface area contributed by atoms with Crippen molar-refractivity contribution in [2.45, 2.75) is 11.8 Å². The highest BCUT2D eigenvalue weighted by Crippen LogP contribution is 2.37. The third-order valence-corrected chi connectivity index (χ3v) is 7.92. The molecule has 10 nitrogen and oxygen atoms in total. The monoisotopic (exact) mass is 570 g/mol. The lowest BCUT2D eigenvalue weighted by Gasteiger charge is -2.23. The van der Waals surface area contributed by atoms with Gasteiger partial charge in [0.2, 0.25) is 0 Å². The molecule has 0 spiro atoms. The Labute approximate surface area is 234 Å². The quantitative estimate of drug-likeness (QED) is 0.122. The number of nitro groups is 1. The van der Waals surface area contributed by atoms with Crippen LogP contribution in [-0.4, -0.2) is 31.8 Å². The van der Waals surface area contributed by atoms with Gasteiger partial charge < -0.3 is 9.15 Å². The third kappa shape index (κ3) is 5.18. The average molecular weight is 571 g/mol. The number of esters is 1. The normalized spacial score (nSPS) is 11.2. The van der Waals surface area contributed by atoms with E-state index in [1.807, 2.05) is 0 Å². The number of amides is 1. The molecule has 11 heteroatoms. The lowest BCUT2D eigenvalue weighted by Crippen LogP contribution is -2.37. The van der Waals surface area contributed by atoms with Crippen LogP contribution in [0.5, 0.6) is 0 Å². The Morgan fingerprint density at radius 3 is 2.24 bits per heavy atom. The van der Waals surface area contributed by atoms with Crippen LogP contribution in [0.25, 0.3) is 22.3 Å². The van der Waals surface area contributed by atoms with Crippen molar-refractivity contribution in [3.63, 3.8) is 0 Å². The second kappa shape index (κ2) is 11.1. The molecule has 5 rings (SSSR count). The first-order valence-corrected chi connectivity index (χ1v) is 13.8. The summed E-state index contributed by atoms with van der Waals surface area (Å²) in [6.45, 7) is 1.74. The Hall–Kier alpha value is -5.29. The summed E-state index contributed by atoms with van der Waals surface area (Å²) in [7, 11) is -4.52. The highest BCUT2D eigenvalue weighted by molar-refractivity contribution is 7.93. The number of nitrogens with zero attached hydrogens (tertiary/aromatic N) is 2. The lowest BCUT2D eigenvalue weighted by molar-refractivity contribution is -0.384. The first-order chi connectivity index (χ1) is 19.7. The van der Waals surface area contributed by atoms with Crippen LogP contribution in [0.2, 0.25) is 0 Å². The summed E-state index contributed by atoms with van der Waals surface area (Å²) >= 11 is 0.